The van der Waals surface area contributed by atoms with Crippen molar-refractivity contribution in [3.05, 3.63) is 65.4 Å². The minimum absolute atomic E-state index is 0.0894. The van der Waals surface area contributed by atoms with Gasteiger partial charge in [-0.2, -0.15) is 0 Å². The fourth-order valence-corrected chi connectivity index (χ4v) is 4.54. The van der Waals surface area contributed by atoms with E-state index in [-0.39, 0.29) is 11.0 Å². The fraction of sp³-hybridized carbons (Fsp3) is 0.227. The van der Waals surface area contributed by atoms with Gasteiger partial charge in [-0.25, -0.2) is 0 Å². The van der Waals surface area contributed by atoms with E-state index >= 15 is 0 Å². The lowest BCUT2D eigenvalue weighted by Gasteiger charge is -2.09. The molecule has 2 aromatic heterocycles. The van der Waals surface area contributed by atoms with Gasteiger partial charge >= 0.3 is 0 Å². The second kappa shape index (κ2) is 6.95. The highest BCUT2D eigenvalue weighted by atomic mass is 32.2. The minimum Gasteiger partial charge on any atom is -0.411 e. The second-order valence-corrected chi connectivity index (χ2v) is 8.37. The standard InChI is InChI=1S/C22H19N3O2S/c1-13(20(26)16-10-9-14-5-4-6-15(14)11-16)28-22-25-24-21(27-22)18-12-23-19-8-3-2-7-17(18)19/h2-3,7-13,23H,4-6H2,1H3/t13-/m0/s1. The molecule has 0 aliphatic heterocycles. The fourth-order valence-electron chi connectivity index (χ4n) is 3.78. The van der Waals surface area contributed by atoms with Gasteiger partial charge < -0.3 is 9.40 Å². The van der Waals surface area contributed by atoms with Gasteiger partial charge in [0.15, 0.2) is 5.78 Å². The van der Waals surface area contributed by atoms with Crippen molar-refractivity contribution >= 4 is 28.4 Å². The maximum absolute atomic E-state index is 12.8. The number of nitrogens with one attached hydrogen (secondary N) is 1. The molecule has 5 rings (SSSR count). The van der Waals surface area contributed by atoms with Crippen molar-refractivity contribution in [3.8, 4) is 11.5 Å². The number of aromatic amines is 1. The third-order valence-corrected chi connectivity index (χ3v) is 6.19. The lowest BCUT2D eigenvalue weighted by atomic mass is 10.0. The van der Waals surface area contributed by atoms with Crippen LogP contribution in [0.1, 0.15) is 34.8 Å². The highest BCUT2D eigenvalue weighted by Gasteiger charge is 2.22. The second-order valence-electron chi connectivity index (χ2n) is 7.08. The Labute approximate surface area is 166 Å². The monoisotopic (exact) mass is 389 g/mol. The summed E-state index contributed by atoms with van der Waals surface area (Å²) in [6.45, 7) is 1.88. The lowest BCUT2D eigenvalue weighted by Crippen LogP contribution is -2.13. The molecule has 6 heteroatoms. The summed E-state index contributed by atoms with van der Waals surface area (Å²) in [6, 6.07) is 14.0. The molecule has 5 nitrogen and oxygen atoms in total. The first-order valence-electron chi connectivity index (χ1n) is 9.42. The first-order chi connectivity index (χ1) is 13.7. The van der Waals surface area contributed by atoms with Crippen LogP contribution in [0.3, 0.4) is 0 Å². The highest BCUT2D eigenvalue weighted by molar-refractivity contribution is 8.00. The van der Waals surface area contributed by atoms with E-state index in [1.54, 1.807) is 0 Å². The quantitative estimate of drug-likeness (QED) is 0.381. The Hall–Kier alpha value is -2.86. The van der Waals surface area contributed by atoms with Crippen molar-refractivity contribution < 1.29 is 9.21 Å². The number of carbonyl (C=O) groups excluding carboxylic acids is 1. The van der Waals surface area contributed by atoms with Gasteiger partial charge in [0.2, 0.25) is 0 Å². The van der Waals surface area contributed by atoms with Gasteiger partial charge in [0.05, 0.1) is 10.8 Å². The molecule has 0 saturated heterocycles. The first-order valence-corrected chi connectivity index (χ1v) is 10.3. The highest BCUT2D eigenvalue weighted by Crippen LogP contribution is 2.32. The molecule has 4 aromatic rings. The Morgan fingerprint density at radius 2 is 2.00 bits per heavy atom. The van der Waals surface area contributed by atoms with Crippen LogP contribution in [0.4, 0.5) is 0 Å². The molecule has 1 aliphatic carbocycles. The van der Waals surface area contributed by atoms with E-state index in [4.69, 9.17) is 4.42 Å². The number of hydrogen-bond donors (Lipinski definition) is 1. The van der Waals surface area contributed by atoms with Crippen LogP contribution in [-0.4, -0.2) is 26.2 Å². The van der Waals surface area contributed by atoms with E-state index in [0.717, 1.165) is 34.9 Å². The number of ketones is 1. The van der Waals surface area contributed by atoms with Gasteiger partial charge in [-0.3, -0.25) is 4.79 Å². The Morgan fingerprint density at radius 1 is 1.14 bits per heavy atom. The third kappa shape index (κ3) is 3.03. The van der Waals surface area contributed by atoms with E-state index in [0.29, 0.717) is 11.1 Å². The summed E-state index contributed by atoms with van der Waals surface area (Å²) in [5.74, 6) is 0.545. The van der Waals surface area contributed by atoms with Gasteiger partial charge in [-0.1, -0.05) is 42.1 Å². The number of H-pyrrole nitrogens is 1. The number of fused-ring (bicyclic) bond motifs is 2. The predicted molar refractivity (Wildman–Crippen MR) is 110 cm³/mol. The molecule has 1 atom stereocenters. The molecule has 1 aliphatic rings. The number of rotatable bonds is 5. The maximum atomic E-state index is 12.8. The molecule has 0 fully saturated rings. The van der Waals surface area contributed by atoms with Crippen LogP contribution >= 0.6 is 11.8 Å². The van der Waals surface area contributed by atoms with Gasteiger partial charge in [0, 0.05) is 22.7 Å². The average Bonchev–Trinajstić information content (AvgIpc) is 3.45. The molecule has 0 bridgehead atoms. The van der Waals surface area contributed by atoms with E-state index in [9.17, 15) is 4.79 Å². The number of Topliss-reactive ketones (excluding diaryl/α,β-unsaturated/α-hetero) is 1. The number of nitrogens with zero attached hydrogens (tertiary/aromatic N) is 2. The smallest absolute Gasteiger partial charge is 0.277 e. The normalized spacial score (nSPS) is 14.3. The number of para-hydroxylation sites is 1. The molecule has 2 heterocycles. The molecule has 140 valence electrons. The molecule has 0 amide bonds. The SMILES string of the molecule is C[C@H](Sc1nnc(-c2c[nH]c3ccccc23)o1)C(=O)c1ccc2c(c1)CCC2. The zero-order valence-corrected chi connectivity index (χ0v) is 16.3. The van der Waals surface area contributed by atoms with Crippen molar-refractivity contribution in [1.29, 1.82) is 0 Å². The van der Waals surface area contributed by atoms with Crippen LogP contribution in [0, 0.1) is 0 Å². The van der Waals surface area contributed by atoms with E-state index < -0.39 is 0 Å². The number of benzene rings is 2. The Morgan fingerprint density at radius 3 is 2.93 bits per heavy atom. The van der Waals surface area contributed by atoms with Crippen LogP contribution in [0.25, 0.3) is 22.4 Å². The van der Waals surface area contributed by atoms with Crippen LogP contribution < -0.4 is 0 Å². The van der Waals surface area contributed by atoms with Crippen LogP contribution in [0.5, 0.6) is 0 Å². The summed E-state index contributed by atoms with van der Waals surface area (Å²) < 4.78 is 5.84. The first kappa shape index (κ1) is 17.3. The topological polar surface area (TPSA) is 71.8 Å². The number of thioether (sulfide) groups is 1. The number of aromatic nitrogens is 3. The Kier molecular flexibility index (Phi) is 4.28. The molecule has 0 saturated carbocycles. The summed E-state index contributed by atoms with van der Waals surface area (Å²) in [5, 5.41) is 9.45. The van der Waals surface area contributed by atoms with Gasteiger partial charge in [0.25, 0.3) is 11.1 Å². The largest absolute Gasteiger partial charge is 0.411 e. The number of hydrogen-bond acceptors (Lipinski definition) is 5. The number of carbonyl (C=O) groups is 1. The van der Waals surface area contributed by atoms with Gasteiger partial charge in [-0.05, 0) is 49.4 Å². The maximum Gasteiger partial charge on any atom is 0.277 e. The zero-order chi connectivity index (χ0) is 19.1. The average molecular weight is 389 g/mol. The predicted octanol–water partition coefficient (Wildman–Crippen LogP) is 5.07. The van der Waals surface area contributed by atoms with Crippen molar-refractivity contribution in [2.24, 2.45) is 0 Å². The molecule has 0 unspecified atom stereocenters. The molecular weight excluding hydrogens is 370 g/mol. The summed E-state index contributed by atoms with van der Waals surface area (Å²) in [5.41, 5.74) is 5.33. The Bertz CT molecular complexity index is 1180. The van der Waals surface area contributed by atoms with Crippen molar-refractivity contribution in [2.75, 3.05) is 0 Å². The molecule has 1 N–H and O–H groups in total. The zero-order valence-electron chi connectivity index (χ0n) is 15.4. The van der Waals surface area contributed by atoms with E-state index in [1.165, 1.54) is 29.3 Å². The van der Waals surface area contributed by atoms with Crippen LogP contribution in [0.15, 0.2) is 58.3 Å². The minimum atomic E-state index is -0.296. The van der Waals surface area contributed by atoms with E-state index in [2.05, 4.69) is 21.2 Å². The van der Waals surface area contributed by atoms with Crippen molar-refractivity contribution in [1.82, 2.24) is 15.2 Å². The Balaban J connectivity index is 1.34. The number of aryl methyl sites for hydroxylation is 2. The molecular formula is C22H19N3O2S. The van der Waals surface area contributed by atoms with Crippen molar-refractivity contribution in [3.63, 3.8) is 0 Å². The summed E-state index contributed by atoms with van der Waals surface area (Å²) in [4.78, 5) is 16.1. The summed E-state index contributed by atoms with van der Waals surface area (Å²) >= 11 is 1.30. The molecule has 0 spiro atoms. The lowest BCUT2D eigenvalue weighted by molar-refractivity contribution is 0.0993. The molecule has 28 heavy (non-hydrogen) atoms. The van der Waals surface area contributed by atoms with E-state index in [1.807, 2.05) is 49.5 Å². The molecule has 2 aromatic carbocycles. The molecule has 0 radical (unpaired) electrons. The summed E-state index contributed by atoms with van der Waals surface area (Å²) in [6.07, 6.45) is 5.23. The van der Waals surface area contributed by atoms with Gasteiger partial charge in [-0.15, -0.1) is 10.2 Å². The van der Waals surface area contributed by atoms with Gasteiger partial charge in [0.1, 0.15) is 0 Å². The van der Waals surface area contributed by atoms with Crippen LogP contribution in [0.2, 0.25) is 0 Å². The summed E-state index contributed by atoms with van der Waals surface area (Å²) in [7, 11) is 0. The van der Waals surface area contributed by atoms with Crippen molar-refractivity contribution in [2.45, 2.75) is 36.7 Å². The van der Waals surface area contributed by atoms with Crippen LogP contribution in [-0.2, 0) is 12.8 Å². The third-order valence-electron chi connectivity index (χ3n) is 5.26.